The summed E-state index contributed by atoms with van der Waals surface area (Å²) in [6.07, 6.45) is 2.73. The molecule has 2 atom stereocenters. The largest absolute Gasteiger partial charge is 0.349 e. The van der Waals surface area contributed by atoms with Crippen LogP contribution in [0, 0.1) is 0 Å². The summed E-state index contributed by atoms with van der Waals surface area (Å²) in [4.78, 5) is 13.0. The highest BCUT2D eigenvalue weighted by atomic mass is 35.5. The number of hydrogen-bond donors (Lipinski definition) is 1. The van der Waals surface area contributed by atoms with E-state index in [2.05, 4.69) is 5.32 Å². The predicted octanol–water partition coefficient (Wildman–Crippen LogP) is 3.89. The van der Waals surface area contributed by atoms with Gasteiger partial charge in [-0.1, -0.05) is 42.8 Å². The Hall–Kier alpha value is -1.65. The van der Waals surface area contributed by atoms with E-state index in [1.54, 1.807) is 18.4 Å². The van der Waals surface area contributed by atoms with Crippen molar-refractivity contribution in [1.82, 2.24) is 5.32 Å². The minimum Gasteiger partial charge on any atom is -0.349 e. The van der Waals surface area contributed by atoms with Gasteiger partial charge in [-0.3, -0.25) is 9.00 Å². The third kappa shape index (κ3) is 5.19. The van der Waals surface area contributed by atoms with Crippen LogP contribution in [0.15, 0.2) is 53.4 Å². The summed E-state index contributed by atoms with van der Waals surface area (Å²) in [6.45, 7) is 2.03. The van der Waals surface area contributed by atoms with Gasteiger partial charge in [0.2, 0.25) is 5.91 Å². The SMILES string of the molecule is CC[C@H](NC(=O)Cc1ccc([S@@](C)=O)cc1)c1cccc(Cl)c1. The van der Waals surface area contributed by atoms with E-state index in [9.17, 15) is 9.00 Å². The lowest BCUT2D eigenvalue weighted by molar-refractivity contribution is -0.121. The van der Waals surface area contributed by atoms with Crippen molar-refractivity contribution >= 4 is 28.3 Å². The molecule has 0 saturated carbocycles. The smallest absolute Gasteiger partial charge is 0.224 e. The van der Waals surface area contributed by atoms with Crippen LogP contribution in [0.25, 0.3) is 0 Å². The quantitative estimate of drug-likeness (QED) is 0.860. The highest BCUT2D eigenvalue weighted by Gasteiger charge is 2.13. The van der Waals surface area contributed by atoms with Gasteiger partial charge in [-0.2, -0.15) is 0 Å². The zero-order valence-electron chi connectivity index (χ0n) is 13.2. The fraction of sp³-hybridized carbons (Fsp3) is 0.278. The fourth-order valence-electron chi connectivity index (χ4n) is 2.37. The van der Waals surface area contributed by atoms with Crippen LogP contribution in [0.5, 0.6) is 0 Å². The molecule has 0 heterocycles. The van der Waals surface area contributed by atoms with E-state index in [0.717, 1.165) is 22.4 Å². The van der Waals surface area contributed by atoms with Crippen molar-refractivity contribution in [1.29, 1.82) is 0 Å². The maximum Gasteiger partial charge on any atom is 0.224 e. The Bertz CT molecular complexity index is 700. The van der Waals surface area contributed by atoms with Gasteiger partial charge in [-0.05, 0) is 41.8 Å². The molecule has 0 fully saturated rings. The zero-order valence-corrected chi connectivity index (χ0v) is 14.8. The van der Waals surface area contributed by atoms with E-state index in [4.69, 9.17) is 11.6 Å². The van der Waals surface area contributed by atoms with E-state index >= 15 is 0 Å². The number of halogens is 1. The average molecular weight is 350 g/mol. The first-order valence-corrected chi connectivity index (χ1v) is 9.40. The van der Waals surface area contributed by atoms with Gasteiger partial charge < -0.3 is 5.32 Å². The van der Waals surface area contributed by atoms with Crippen LogP contribution in [-0.2, 0) is 22.0 Å². The van der Waals surface area contributed by atoms with Crippen molar-refractivity contribution in [2.75, 3.05) is 6.26 Å². The number of amides is 1. The number of nitrogens with one attached hydrogen (secondary N) is 1. The summed E-state index contributed by atoms with van der Waals surface area (Å²) in [6, 6.07) is 14.8. The van der Waals surface area contributed by atoms with E-state index in [1.165, 1.54) is 0 Å². The molecule has 2 aromatic rings. The van der Waals surface area contributed by atoms with E-state index in [-0.39, 0.29) is 11.9 Å². The van der Waals surface area contributed by atoms with Crippen LogP contribution in [0.2, 0.25) is 5.02 Å². The van der Waals surface area contributed by atoms with Gasteiger partial charge >= 0.3 is 0 Å². The topological polar surface area (TPSA) is 46.2 Å². The first kappa shape index (κ1) is 17.7. The van der Waals surface area contributed by atoms with Gasteiger partial charge in [0.1, 0.15) is 0 Å². The number of benzene rings is 2. The van der Waals surface area contributed by atoms with Crippen LogP contribution < -0.4 is 5.32 Å². The summed E-state index contributed by atoms with van der Waals surface area (Å²) >= 11 is 6.01. The highest BCUT2D eigenvalue weighted by Crippen LogP contribution is 2.20. The summed E-state index contributed by atoms with van der Waals surface area (Å²) in [5.41, 5.74) is 1.91. The molecule has 5 heteroatoms. The third-order valence-electron chi connectivity index (χ3n) is 3.61. The second-order valence-corrected chi connectivity index (χ2v) is 7.17. The summed E-state index contributed by atoms with van der Waals surface area (Å²) in [5, 5.41) is 3.70. The molecular weight excluding hydrogens is 330 g/mol. The van der Waals surface area contributed by atoms with Gasteiger partial charge in [0, 0.05) is 27.0 Å². The first-order chi connectivity index (χ1) is 11.0. The molecule has 1 amide bonds. The van der Waals surface area contributed by atoms with E-state index in [1.807, 2.05) is 43.3 Å². The Morgan fingerprint density at radius 1 is 1.22 bits per heavy atom. The third-order valence-corrected chi connectivity index (χ3v) is 4.79. The second kappa shape index (κ2) is 8.27. The molecule has 0 saturated heterocycles. The number of rotatable bonds is 6. The Labute approximate surface area is 144 Å². The lowest BCUT2D eigenvalue weighted by Gasteiger charge is -2.18. The zero-order chi connectivity index (χ0) is 16.8. The van der Waals surface area contributed by atoms with Gasteiger partial charge in [-0.25, -0.2) is 0 Å². The molecule has 3 nitrogen and oxygen atoms in total. The van der Waals surface area contributed by atoms with Crippen molar-refractivity contribution in [3.8, 4) is 0 Å². The van der Waals surface area contributed by atoms with Crippen LogP contribution in [0.1, 0.15) is 30.5 Å². The number of carbonyl (C=O) groups is 1. The lowest BCUT2D eigenvalue weighted by Crippen LogP contribution is -2.29. The van der Waals surface area contributed by atoms with Crippen molar-refractivity contribution in [3.05, 3.63) is 64.7 Å². The fourth-order valence-corrected chi connectivity index (χ4v) is 3.09. The van der Waals surface area contributed by atoms with Crippen molar-refractivity contribution in [2.24, 2.45) is 0 Å². The lowest BCUT2D eigenvalue weighted by atomic mass is 10.0. The average Bonchev–Trinajstić information content (AvgIpc) is 2.53. The van der Waals surface area contributed by atoms with Crippen LogP contribution in [0.4, 0.5) is 0 Å². The molecule has 2 rings (SSSR count). The molecule has 0 unspecified atom stereocenters. The number of hydrogen-bond acceptors (Lipinski definition) is 2. The van der Waals surface area contributed by atoms with Crippen LogP contribution in [-0.4, -0.2) is 16.4 Å². The first-order valence-electron chi connectivity index (χ1n) is 7.46. The molecule has 0 aromatic heterocycles. The molecule has 0 spiro atoms. The van der Waals surface area contributed by atoms with Crippen molar-refractivity contribution < 1.29 is 9.00 Å². The van der Waals surface area contributed by atoms with Gasteiger partial charge in [0.05, 0.1) is 12.5 Å². The predicted molar refractivity (Wildman–Crippen MR) is 95.1 cm³/mol. The van der Waals surface area contributed by atoms with Gasteiger partial charge in [-0.15, -0.1) is 0 Å². The highest BCUT2D eigenvalue weighted by molar-refractivity contribution is 7.84. The summed E-state index contributed by atoms with van der Waals surface area (Å²) in [7, 11) is -1.00. The second-order valence-electron chi connectivity index (χ2n) is 5.36. The van der Waals surface area contributed by atoms with Crippen LogP contribution >= 0.6 is 11.6 Å². The molecule has 0 radical (unpaired) electrons. The molecule has 1 N–H and O–H groups in total. The van der Waals surface area contributed by atoms with Crippen LogP contribution in [0.3, 0.4) is 0 Å². The molecule has 0 aliphatic heterocycles. The summed E-state index contributed by atoms with van der Waals surface area (Å²) in [5.74, 6) is -0.0396. The van der Waals surface area contributed by atoms with E-state index < -0.39 is 10.8 Å². The Morgan fingerprint density at radius 2 is 1.91 bits per heavy atom. The molecule has 0 aliphatic carbocycles. The Morgan fingerprint density at radius 3 is 2.48 bits per heavy atom. The molecule has 23 heavy (non-hydrogen) atoms. The van der Waals surface area contributed by atoms with E-state index in [0.29, 0.717) is 11.4 Å². The molecule has 0 bridgehead atoms. The maximum atomic E-state index is 12.3. The monoisotopic (exact) mass is 349 g/mol. The molecule has 2 aromatic carbocycles. The maximum absolute atomic E-state index is 12.3. The minimum absolute atomic E-state index is 0.0396. The normalized spacial score (nSPS) is 13.3. The Balaban J connectivity index is 2.01. The Kier molecular flexibility index (Phi) is 6.37. The summed E-state index contributed by atoms with van der Waals surface area (Å²) < 4.78 is 11.4. The molecule has 122 valence electrons. The van der Waals surface area contributed by atoms with Crippen molar-refractivity contribution in [2.45, 2.75) is 30.7 Å². The van der Waals surface area contributed by atoms with Gasteiger partial charge in [0.15, 0.2) is 0 Å². The minimum atomic E-state index is -1.00. The molecular formula is C18H20ClNO2S. The van der Waals surface area contributed by atoms with Crippen molar-refractivity contribution in [3.63, 3.8) is 0 Å². The van der Waals surface area contributed by atoms with Gasteiger partial charge in [0.25, 0.3) is 0 Å². The standard InChI is InChI=1S/C18H20ClNO2S/c1-3-17(14-5-4-6-15(19)12-14)20-18(21)11-13-7-9-16(10-8-13)23(2)22/h4-10,12,17H,3,11H2,1-2H3,(H,20,21)/t17-,23+/m0/s1. The molecule has 0 aliphatic rings. The number of carbonyl (C=O) groups excluding carboxylic acids is 1.